The third kappa shape index (κ3) is 2.89. The lowest BCUT2D eigenvalue weighted by molar-refractivity contribution is 0.0958. The Kier molecular flexibility index (Phi) is 4.21. The maximum Gasteiger partial charge on any atom is 0.166 e. The van der Waals surface area contributed by atoms with Crippen LogP contribution in [0.3, 0.4) is 0 Å². The van der Waals surface area contributed by atoms with Crippen LogP contribution < -0.4 is 0 Å². The van der Waals surface area contributed by atoms with Crippen LogP contribution in [0.1, 0.15) is 42.5 Å². The summed E-state index contributed by atoms with van der Waals surface area (Å²) in [6.45, 7) is 0. The van der Waals surface area contributed by atoms with Crippen molar-refractivity contribution in [2.75, 3.05) is 0 Å². The van der Waals surface area contributed by atoms with Crippen molar-refractivity contribution in [3.63, 3.8) is 0 Å². The van der Waals surface area contributed by atoms with Crippen LogP contribution in [0.15, 0.2) is 16.6 Å². The first-order valence-electron chi connectivity index (χ1n) is 5.76. The molecule has 0 spiro atoms. The Morgan fingerprint density at radius 3 is 2.71 bits per heavy atom. The Hall–Kier alpha value is -0.410. The number of rotatable bonds is 3. The lowest BCUT2D eigenvalue weighted by Crippen LogP contribution is -2.08. The van der Waals surface area contributed by atoms with E-state index in [-0.39, 0.29) is 16.4 Å². The minimum Gasteiger partial charge on any atom is -0.294 e. The summed E-state index contributed by atoms with van der Waals surface area (Å²) in [7, 11) is 0. The van der Waals surface area contributed by atoms with Crippen LogP contribution in [-0.4, -0.2) is 5.78 Å². The van der Waals surface area contributed by atoms with Gasteiger partial charge < -0.3 is 0 Å². The smallest absolute Gasteiger partial charge is 0.166 e. The Labute approximate surface area is 113 Å². The number of hydrogen-bond donors (Lipinski definition) is 0. The molecule has 1 aliphatic rings. The SMILES string of the molecule is O=C(CC1CCCC1)c1ccc(Br)c(Cl)c1F. The molecule has 0 radical (unpaired) electrons. The van der Waals surface area contributed by atoms with Gasteiger partial charge in [-0.1, -0.05) is 37.3 Å². The molecule has 1 aliphatic carbocycles. The molecule has 1 nitrogen and oxygen atoms in total. The molecule has 4 heteroatoms. The Balaban J connectivity index is 2.16. The Bertz CT molecular complexity index is 441. The molecule has 2 rings (SSSR count). The van der Waals surface area contributed by atoms with Gasteiger partial charge in [-0.05, 0) is 34.0 Å². The van der Waals surface area contributed by atoms with Crippen molar-refractivity contribution in [3.05, 3.63) is 33.0 Å². The fourth-order valence-corrected chi connectivity index (χ4v) is 2.80. The largest absolute Gasteiger partial charge is 0.294 e. The summed E-state index contributed by atoms with van der Waals surface area (Å²) in [6.07, 6.45) is 4.97. The molecule has 1 fully saturated rings. The van der Waals surface area contributed by atoms with Crippen molar-refractivity contribution >= 4 is 33.3 Å². The summed E-state index contributed by atoms with van der Waals surface area (Å²) >= 11 is 8.90. The van der Waals surface area contributed by atoms with Gasteiger partial charge in [0.25, 0.3) is 0 Å². The molecule has 1 aromatic rings. The third-order valence-electron chi connectivity index (χ3n) is 3.28. The molecule has 0 aliphatic heterocycles. The first kappa shape index (κ1) is 13.0. The van der Waals surface area contributed by atoms with E-state index in [1.807, 2.05) is 0 Å². The minimum atomic E-state index is -0.607. The summed E-state index contributed by atoms with van der Waals surface area (Å²) in [5.41, 5.74) is 0.116. The molecule has 17 heavy (non-hydrogen) atoms. The number of ketones is 1. The fraction of sp³-hybridized carbons (Fsp3) is 0.462. The van der Waals surface area contributed by atoms with Gasteiger partial charge in [-0.2, -0.15) is 0 Å². The van der Waals surface area contributed by atoms with Gasteiger partial charge in [0, 0.05) is 10.9 Å². The first-order chi connectivity index (χ1) is 8.09. The predicted molar refractivity (Wildman–Crippen MR) is 70.0 cm³/mol. The van der Waals surface area contributed by atoms with Gasteiger partial charge >= 0.3 is 0 Å². The maximum absolute atomic E-state index is 13.8. The molecule has 0 saturated heterocycles. The summed E-state index contributed by atoms with van der Waals surface area (Å²) in [5.74, 6) is -0.322. The lowest BCUT2D eigenvalue weighted by Gasteiger charge is -2.09. The van der Waals surface area contributed by atoms with E-state index in [1.165, 1.54) is 18.9 Å². The molecule has 0 unspecified atom stereocenters. The minimum absolute atomic E-state index is 0.0118. The van der Waals surface area contributed by atoms with Crippen molar-refractivity contribution < 1.29 is 9.18 Å². The molecule has 1 aromatic carbocycles. The maximum atomic E-state index is 13.8. The molecule has 0 N–H and O–H groups in total. The zero-order valence-electron chi connectivity index (χ0n) is 9.31. The second-order valence-corrected chi connectivity index (χ2v) is 5.73. The molecule has 92 valence electrons. The lowest BCUT2D eigenvalue weighted by atomic mass is 9.97. The predicted octanol–water partition coefficient (Wildman–Crippen LogP) is 5.00. The molecule has 0 bridgehead atoms. The molecule has 1 saturated carbocycles. The quantitative estimate of drug-likeness (QED) is 0.565. The molecule has 0 aromatic heterocycles. The van der Waals surface area contributed by atoms with E-state index >= 15 is 0 Å². The van der Waals surface area contributed by atoms with Crippen LogP contribution in [0.25, 0.3) is 0 Å². The normalized spacial score (nSPS) is 16.4. The van der Waals surface area contributed by atoms with Crippen LogP contribution in [0.4, 0.5) is 4.39 Å². The fourth-order valence-electron chi connectivity index (χ4n) is 2.33. The van der Waals surface area contributed by atoms with Crippen LogP contribution in [0.2, 0.25) is 5.02 Å². The molecular weight excluding hydrogens is 306 g/mol. The topological polar surface area (TPSA) is 17.1 Å². The van der Waals surface area contributed by atoms with Gasteiger partial charge in [0.2, 0.25) is 0 Å². The summed E-state index contributed by atoms with van der Waals surface area (Å²) in [4.78, 5) is 12.0. The third-order valence-corrected chi connectivity index (χ3v) is 4.54. The Morgan fingerprint density at radius 2 is 2.06 bits per heavy atom. The molecule has 0 heterocycles. The zero-order chi connectivity index (χ0) is 12.4. The second-order valence-electron chi connectivity index (χ2n) is 4.50. The number of benzene rings is 1. The summed E-state index contributed by atoms with van der Waals surface area (Å²) in [6, 6.07) is 3.12. The highest BCUT2D eigenvalue weighted by molar-refractivity contribution is 9.10. The monoisotopic (exact) mass is 318 g/mol. The molecule has 0 amide bonds. The van der Waals surface area contributed by atoms with Gasteiger partial charge in [-0.3, -0.25) is 4.79 Å². The number of halogens is 3. The highest BCUT2D eigenvalue weighted by atomic mass is 79.9. The van der Waals surface area contributed by atoms with Gasteiger partial charge in [0.05, 0.1) is 10.6 Å². The number of hydrogen-bond acceptors (Lipinski definition) is 1. The number of carbonyl (C=O) groups excluding carboxylic acids is 1. The number of carbonyl (C=O) groups is 1. The van der Waals surface area contributed by atoms with Gasteiger partial charge in [-0.25, -0.2) is 4.39 Å². The Morgan fingerprint density at radius 1 is 1.41 bits per heavy atom. The average molecular weight is 320 g/mol. The van der Waals surface area contributed by atoms with Crippen LogP contribution in [0, 0.1) is 11.7 Å². The summed E-state index contributed by atoms with van der Waals surface area (Å²) in [5, 5.41) is -0.0118. The van der Waals surface area contributed by atoms with E-state index in [2.05, 4.69) is 15.9 Å². The molecule has 0 atom stereocenters. The van der Waals surface area contributed by atoms with Crippen LogP contribution >= 0.6 is 27.5 Å². The van der Waals surface area contributed by atoms with Crippen molar-refractivity contribution in [2.24, 2.45) is 5.92 Å². The summed E-state index contributed by atoms with van der Waals surface area (Å²) < 4.78 is 14.3. The van der Waals surface area contributed by atoms with Crippen molar-refractivity contribution in [2.45, 2.75) is 32.1 Å². The van der Waals surface area contributed by atoms with Crippen molar-refractivity contribution in [3.8, 4) is 0 Å². The van der Waals surface area contributed by atoms with E-state index < -0.39 is 5.82 Å². The van der Waals surface area contributed by atoms with Crippen LogP contribution in [0.5, 0.6) is 0 Å². The van der Waals surface area contributed by atoms with Gasteiger partial charge in [-0.15, -0.1) is 0 Å². The highest BCUT2D eigenvalue weighted by Gasteiger charge is 2.22. The van der Waals surface area contributed by atoms with E-state index in [1.54, 1.807) is 6.07 Å². The second kappa shape index (κ2) is 5.49. The van der Waals surface area contributed by atoms with Crippen LogP contribution in [-0.2, 0) is 0 Å². The zero-order valence-corrected chi connectivity index (χ0v) is 11.7. The van der Waals surface area contributed by atoms with Gasteiger partial charge in [0.1, 0.15) is 0 Å². The van der Waals surface area contributed by atoms with Crippen molar-refractivity contribution in [1.82, 2.24) is 0 Å². The van der Waals surface area contributed by atoms with E-state index in [0.29, 0.717) is 16.8 Å². The van der Waals surface area contributed by atoms with E-state index in [0.717, 1.165) is 12.8 Å². The van der Waals surface area contributed by atoms with E-state index in [9.17, 15) is 9.18 Å². The van der Waals surface area contributed by atoms with Crippen molar-refractivity contribution in [1.29, 1.82) is 0 Å². The standard InChI is InChI=1S/C13H13BrClFO/c14-10-6-5-9(13(16)12(10)15)11(17)7-8-3-1-2-4-8/h5-6,8H,1-4,7H2. The van der Waals surface area contributed by atoms with Gasteiger partial charge in [0.15, 0.2) is 11.6 Å². The highest BCUT2D eigenvalue weighted by Crippen LogP contribution is 2.31. The average Bonchev–Trinajstić information content (AvgIpc) is 2.78. The first-order valence-corrected chi connectivity index (χ1v) is 6.93. The number of Topliss-reactive ketones (excluding diaryl/α,β-unsaturated/α-hetero) is 1. The molecular formula is C13H13BrClFO. The van der Waals surface area contributed by atoms with E-state index in [4.69, 9.17) is 11.6 Å².